The van der Waals surface area contributed by atoms with Crippen molar-refractivity contribution in [1.82, 2.24) is 15.2 Å². The zero-order valence-corrected chi connectivity index (χ0v) is 20.7. The monoisotopic (exact) mass is 540 g/mol. The minimum absolute atomic E-state index is 0.117. The van der Waals surface area contributed by atoms with E-state index in [4.69, 9.17) is 5.73 Å². The highest BCUT2D eigenvalue weighted by Gasteiger charge is 2.80. The van der Waals surface area contributed by atoms with Crippen LogP contribution in [0.1, 0.15) is 42.8 Å². The fraction of sp³-hybridized carbons (Fsp3) is 0.565. The Morgan fingerprint density at radius 1 is 1.14 bits per heavy atom. The van der Waals surface area contributed by atoms with Gasteiger partial charge in [0.1, 0.15) is 0 Å². The molecule has 3 N–H and O–H groups in total. The molecule has 5 nitrogen and oxygen atoms in total. The third kappa shape index (κ3) is 4.91. The second kappa shape index (κ2) is 9.47. The van der Waals surface area contributed by atoms with Crippen molar-refractivity contribution in [2.45, 2.75) is 63.5 Å². The van der Waals surface area contributed by atoms with Gasteiger partial charge in [0.25, 0.3) is 0 Å². The second-order valence-corrected chi connectivity index (χ2v) is 10.8. The van der Waals surface area contributed by atoms with Gasteiger partial charge in [0.2, 0.25) is 5.54 Å². The average molecular weight is 541 g/mol. The summed E-state index contributed by atoms with van der Waals surface area (Å²) in [5.74, 6) is 0. The third-order valence-corrected chi connectivity index (χ3v) is 8.13. The second-order valence-electron chi connectivity index (χ2n) is 9.64. The van der Waals surface area contributed by atoms with Crippen LogP contribution in [0.15, 0.2) is 30.5 Å². The summed E-state index contributed by atoms with van der Waals surface area (Å²) in [6.45, 7) is 4.36. The molecule has 2 amide bonds. The van der Waals surface area contributed by atoms with Gasteiger partial charge in [-0.2, -0.15) is 30.7 Å². The van der Waals surface area contributed by atoms with Gasteiger partial charge in [0, 0.05) is 34.3 Å². The summed E-state index contributed by atoms with van der Waals surface area (Å²) in [4.78, 5) is 17.7. The standard InChI is InChI=1S/C23H27F7N4OS/c1-14-4-5-15(12-32-14)19(2,3)34-11-10-20(13-34,9-8-16-6-7-17(24)36-16)21(22(25,26)27,23(28,29)30)33-18(31)35/h4-7,12H,8-11,13H2,1-3H3,(H3,31,33,35). The van der Waals surface area contributed by atoms with Crippen LogP contribution in [-0.2, 0) is 12.0 Å². The Kier molecular flexibility index (Phi) is 7.41. The number of nitrogens with one attached hydrogen (secondary N) is 1. The van der Waals surface area contributed by atoms with Crippen LogP contribution in [-0.4, -0.2) is 46.9 Å². The number of pyridine rings is 1. The number of nitrogens with zero attached hydrogens (tertiary/aromatic N) is 2. The summed E-state index contributed by atoms with van der Waals surface area (Å²) < 4.78 is 101. The van der Waals surface area contributed by atoms with Crippen LogP contribution < -0.4 is 11.1 Å². The molecule has 0 spiro atoms. The highest BCUT2D eigenvalue weighted by atomic mass is 32.1. The highest BCUT2D eigenvalue weighted by molar-refractivity contribution is 7.10. The van der Waals surface area contributed by atoms with Crippen LogP contribution >= 0.6 is 11.3 Å². The van der Waals surface area contributed by atoms with E-state index in [2.05, 4.69) is 4.98 Å². The van der Waals surface area contributed by atoms with E-state index in [1.165, 1.54) is 17.2 Å². The summed E-state index contributed by atoms with van der Waals surface area (Å²) in [6.07, 6.45) is -11.7. The van der Waals surface area contributed by atoms with Crippen molar-refractivity contribution in [3.63, 3.8) is 0 Å². The minimum atomic E-state index is -5.92. The lowest BCUT2D eigenvalue weighted by Gasteiger charge is -2.50. The third-order valence-electron chi connectivity index (χ3n) is 7.20. The molecule has 1 aliphatic heterocycles. The van der Waals surface area contributed by atoms with Crippen molar-refractivity contribution in [3.8, 4) is 0 Å². The summed E-state index contributed by atoms with van der Waals surface area (Å²) in [5.41, 5.74) is -1.92. The molecule has 1 aliphatic rings. The molecule has 2 aromatic heterocycles. The molecule has 1 unspecified atom stereocenters. The normalized spacial score (nSPS) is 20.1. The number of nitrogens with two attached hydrogens (primary N) is 1. The molecule has 36 heavy (non-hydrogen) atoms. The fourth-order valence-electron chi connectivity index (χ4n) is 5.13. The van der Waals surface area contributed by atoms with E-state index in [0.29, 0.717) is 27.5 Å². The van der Waals surface area contributed by atoms with Crippen LogP contribution in [0, 0.1) is 17.5 Å². The molecule has 0 saturated carbocycles. The largest absolute Gasteiger partial charge is 0.421 e. The number of halogens is 7. The van der Waals surface area contributed by atoms with Gasteiger partial charge in [-0.15, -0.1) is 11.3 Å². The topological polar surface area (TPSA) is 71.2 Å². The number of likely N-dealkylation sites (tertiary alicyclic amines) is 1. The Balaban J connectivity index is 2.14. The zero-order valence-electron chi connectivity index (χ0n) is 19.9. The number of carbonyl (C=O) groups excluding carboxylic acids is 1. The number of primary amides is 1. The number of rotatable bonds is 7. The Labute approximate surface area is 207 Å². The van der Waals surface area contributed by atoms with Gasteiger partial charge in [-0.25, -0.2) is 4.79 Å². The fourth-order valence-corrected chi connectivity index (χ4v) is 5.86. The van der Waals surface area contributed by atoms with E-state index < -0.39 is 59.4 Å². The number of carbonyl (C=O) groups is 1. The summed E-state index contributed by atoms with van der Waals surface area (Å²) in [5, 5.41) is 0.492. The van der Waals surface area contributed by atoms with Crippen molar-refractivity contribution >= 4 is 17.4 Å². The quantitative estimate of drug-likeness (QED) is 0.444. The molecule has 0 bridgehead atoms. The van der Waals surface area contributed by atoms with Crippen molar-refractivity contribution in [2.75, 3.05) is 13.1 Å². The van der Waals surface area contributed by atoms with Gasteiger partial charge in [-0.1, -0.05) is 6.07 Å². The van der Waals surface area contributed by atoms with Crippen molar-refractivity contribution in [1.29, 1.82) is 0 Å². The Bertz CT molecular complexity index is 1070. The molecule has 13 heteroatoms. The molecular formula is C23H27F7N4OS. The predicted molar refractivity (Wildman–Crippen MR) is 121 cm³/mol. The van der Waals surface area contributed by atoms with Crippen molar-refractivity contribution in [2.24, 2.45) is 11.1 Å². The minimum Gasteiger partial charge on any atom is -0.352 e. The van der Waals surface area contributed by atoms with Crippen LogP contribution in [0.4, 0.5) is 35.5 Å². The first-order chi connectivity index (χ1) is 16.4. The SMILES string of the molecule is Cc1ccc(C(C)(C)N2CCC(CCc3ccc(F)s3)(C(NC(N)=O)(C(F)(F)F)C(F)(F)F)C2)cn1. The molecule has 2 aromatic rings. The van der Waals surface area contributed by atoms with E-state index in [-0.39, 0.29) is 13.0 Å². The number of hydrogen-bond acceptors (Lipinski definition) is 4. The van der Waals surface area contributed by atoms with Crippen LogP contribution in [0.25, 0.3) is 0 Å². The predicted octanol–water partition coefficient (Wildman–Crippen LogP) is 5.68. The Morgan fingerprint density at radius 2 is 1.78 bits per heavy atom. The van der Waals surface area contributed by atoms with Gasteiger partial charge in [-0.05, 0) is 70.3 Å². The number of hydrogen-bond donors (Lipinski definition) is 2. The molecule has 1 saturated heterocycles. The number of aromatic nitrogens is 1. The number of amides is 2. The van der Waals surface area contributed by atoms with E-state index in [9.17, 15) is 35.5 Å². The summed E-state index contributed by atoms with van der Waals surface area (Å²) >= 11 is 0.651. The maximum Gasteiger partial charge on any atom is 0.421 e. The lowest BCUT2D eigenvalue weighted by Crippen LogP contribution is -2.77. The molecule has 3 heterocycles. The maximum atomic E-state index is 14.6. The van der Waals surface area contributed by atoms with Crippen LogP contribution in [0.2, 0.25) is 0 Å². The molecule has 0 aliphatic carbocycles. The first-order valence-electron chi connectivity index (χ1n) is 11.1. The first-order valence-corrected chi connectivity index (χ1v) is 11.9. The molecule has 3 rings (SSSR count). The number of alkyl halides is 6. The molecule has 1 fully saturated rings. The number of urea groups is 1. The van der Waals surface area contributed by atoms with E-state index >= 15 is 0 Å². The zero-order chi connectivity index (χ0) is 27.2. The van der Waals surface area contributed by atoms with Crippen LogP contribution in [0.3, 0.4) is 0 Å². The van der Waals surface area contributed by atoms with Gasteiger partial charge in [-0.3, -0.25) is 9.88 Å². The van der Waals surface area contributed by atoms with E-state index in [1.807, 2.05) is 0 Å². The maximum absolute atomic E-state index is 14.6. The highest BCUT2D eigenvalue weighted by Crippen LogP contribution is 2.59. The number of aryl methyl sites for hydroxylation is 2. The molecule has 0 radical (unpaired) electrons. The number of thiophene rings is 1. The summed E-state index contributed by atoms with van der Waals surface area (Å²) in [7, 11) is 0. The Hall–Kier alpha value is -2.41. The first kappa shape index (κ1) is 28.2. The lowest BCUT2D eigenvalue weighted by molar-refractivity contribution is -0.337. The molecule has 1 atom stereocenters. The van der Waals surface area contributed by atoms with Crippen molar-refractivity contribution in [3.05, 3.63) is 51.7 Å². The van der Waals surface area contributed by atoms with E-state index in [1.54, 1.807) is 32.9 Å². The van der Waals surface area contributed by atoms with Gasteiger partial charge in [0.15, 0.2) is 5.13 Å². The van der Waals surface area contributed by atoms with Gasteiger partial charge >= 0.3 is 18.4 Å². The lowest BCUT2D eigenvalue weighted by atomic mass is 9.64. The van der Waals surface area contributed by atoms with Gasteiger partial charge in [0.05, 0.1) is 0 Å². The Morgan fingerprint density at radius 3 is 2.25 bits per heavy atom. The smallest absolute Gasteiger partial charge is 0.352 e. The average Bonchev–Trinajstić information content (AvgIpc) is 3.36. The molecular weight excluding hydrogens is 513 g/mol. The van der Waals surface area contributed by atoms with Crippen molar-refractivity contribution < 1.29 is 35.5 Å². The summed E-state index contributed by atoms with van der Waals surface area (Å²) in [6, 6.07) is 3.91. The molecule has 200 valence electrons. The molecule has 0 aromatic carbocycles. The van der Waals surface area contributed by atoms with Gasteiger partial charge < -0.3 is 11.1 Å². The van der Waals surface area contributed by atoms with E-state index in [0.717, 1.165) is 11.4 Å². The van der Waals surface area contributed by atoms with Crippen LogP contribution in [0.5, 0.6) is 0 Å².